The van der Waals surface area contributed by atoms with E-state index in [0.29, 0.717) is 12.8 Å². The van der Waals surface area contributed by atoms with Gasteiger partial charge in [-0.25, -0.2) is 4.79 Å². The second kappa shape index (κ2) is 11.0. The van der Waals surface area contributed by atoms with Crippen molar-refractivity contribution in [3.63, 3.8) is 0 Å². The molecule has 1 aliphatic heterocycles. The maximum atomic E-state index is 13.5. The summed E-state index contributed by atoms with van der Waals surface area (Å²) in [6.45, 7) is 1.65. The van der Waals surface area contributed by atoms with Crippen LogP contribution >= 0.6 is 0 Å². The molecule has 1 fully saturated rings. The fourth-order valence-corrected chi connectivity index (χ4v) is 4.19. The summed E-state index contributed by atoms with van der Waals surface area (Å²) in [7, 11) is 0. The lowest BCUT2D eigenvalue weighted by Crippen LogP contribution is -2.58. The van der Waals surface area contributed by atoms with E-state index in [2.05, 4.69) is 15.6 Å². The van der Waals surface area contributed by atoms with E-state index in [9.17, 15) is 29.1 Å². The molecule has 35 heavy (non-hydrogen) atoms. The highest BCUT2D eigenvalue weighted by Gasteiger charge is 2.38. The number of carbonyl (C=O) groups excluding carboxylic acids is 4. The first-order chi connectivity index (χ1) is 16.6. The number of H-pyrrole nitrogens is 1. The Balaban J connectivity index is 1.89. The number of carboxylic acids is 1. The van der Waals surface area contributed by atoms with Gasteiger partial charge in [-0.1, -0.05) is 18.2 Å². The number of carbonyl (C=O) groups is 5. The molecule has 2 aromatic rings. The molecule has 188 valence electrons. The number of para-hydroxylation sites is 1. The number of hydrogen-bond acceptors (Lipinski definition) is 6. The van der Waals surface area contributed by atoms with Crippen LogP contribution in [0.15, 0.2) is 30.5 Å². The molecule has 0 saturated carbocycles. The Kier molecular flexibility index (Phi) is 8.07. The SMILES string of the molecule is CC(N)C(=O)NC(CC(N)=O)C(=O)NC(Cc1c[nH]c2ccccc12)C(=O)N1CCCC1C(=O)O. The number of rotatable bonds is 10. The van der Waals surface area contributed by atoms with Crippen LogP contribution in [0, 0.1) is 0 Å². The normalized spacial score (nSPS) is 18.0. The quantitative estimate of drug-likeness (QED) is 0.247. The molecule has 4 atom stereocenters. The molecule has 2 heterocycles. The van der Waals surface area contributed by atoms with Crippen LogP contribution < -0.4 is 22.1 Å². The van der Waals surface area contributed by atoms with Gasteiger partial charge in [0.05, 0.1) is 12.5 Å². The first-order valence-corrected chi connectivity index (χ1v) is 11.3. The van der Waals surface area contributed by atoms with E-state index in [4.69, 9.17) is 11.5 Å². The van der Waals surface area contributed by atoms with Crippen molar-refractivity contribution >= 4 is 40.5 Å². The molecule has 0 aliphatic carbocycles. The minimum Gasteiger partial charge on any atom is -0.480 e. The highest BCUT2D eigenvalue weighted by atomic mass is 16.4. The molecular formula is C23H30N6O6. The van der Waals surface area contributed by atoms with Crippen LogP contribution in [0.4, 0.5) is 0 Å². The largest absolute Gasteiger partial charge is 0.480 e. The van der Waals surface area contributed by atoms with Crippen LogP contribution in [0.1, 0.15) is 31.7 Å². The predicted octanol–water partition coefficient (Wildman–Crippen LogP) is -1.02. The van der Waals surface area contributed by atoms with Crippen molar-refractivity contribution in [3.05, 3.63) is 36.0 Å². The molecule has 0 radical (unpaired) electrons. The number of nitrogens with two attached hydrogens (primary N) is 2. The van der Waals surface area contributed by atoms with Crippen molar-refractivity contribution in [2.24, 2.45) is 11.5 Å². The van der Waals surface area contributed by atoms with E-state index in [-0.39, 0.29) is 13.0 Å². The summed E-state index contributed by atoms with van der Waals surface area (Å²) in [5, 5.41) is 15.4. The average Bonchev–Trinajstić information content (AvgIpc) is 3.45. The molecule has 8 N–H and O–H groups in total. The molecule has 12 nitrogen and oxygen atoms in total. The second-order valence-corrected chi connectivity index (χ2v) is 8.67. The topological polar surface area (TPSA) is 201 Å². The van der Waals surface area contributed by atoms with Gasteiger partial charge in [-0.3, -0.25) is 19.2 Å². The fraction of sp³-hybridized carbons (Fsp3) is 0.435. The maximum Gasteiger partial charge on any atom is 0.326 e. The van der Waals surface area contributed by atoms with Crippen molar-refractivity contribution in [3.8, 4) is 0 Å². The Hall–Kier alpha value is -3.93. The summed E-state index contributed by atoms with van der Waals surface area (Å²) in [5.74, 6) is -3.99. The Morgan fingerprint density at radius 1 is 1.14 bits per heavy atom. The molecule has 0 bridgehead atoms. The van der Waals surface area contributed by atoms with Crippen LogP contribution in [0.25, 0.3) is 10.9 Å². The number of likely N-dealkylation sites (tertiary alicyclic amines) is 1. The minimum absolute atomic E-state index is 0.0575. The summed E-state index contributed by atoms with van der Waals surface area (Å²) >= 11 is 0. The van der Waals surface area contributed by atoms with Gasteiger partial charge in [0.2, 0.25) is 23.6 Å². The van der Waals surface area contributed by atoms with Gasteiger partial charge in [-0.15, -0.1) is 0 Å². The van der Waals surface area contributed by atoms with Gasteiger partial charge in [-0.05, 0) is 31.4 Å². The third-order valence-electron chi connectivity index (χ3n) is 5.99. The third-order valence-corrected chi connectivity index (χ3v) is 5.99. The first kappa shape index (κ1) is 25.7. The van der Waals surface area contributed by atoms with Gasteiger partial charge in [-0.2, -0.15) is 0 Å². The summed E-state index contributed by atoms with van der Waals surface area (Å²) in [5.41, 5.74) is 12.4. The molecular weight excluding hydrogens is 456 g/mol. The highest BCUT2D eigenvalue weighted by Crippen LogP contribution is 2.23. The van der Waals surface area contributed by atoms with Gasteiger partial charge in [0, 0.05) is 30.1 Å². The standard InChI is InChI=1S/C23H30N6O6/c1-12(24)20(31)27-16(10-19(25)30)21(32)28-17(22(33)29-8-4-7-18(29)23(34)35)9-13-11-26-15-6-3-2-5-14(13)15/h2-3,5-6,11-12,16-18,26H,4,7-10,24H2,1H3,(H2,25,30)(H,27,31)(H,28,32)(H,34,35). The molecule has 1 aliphatic rings. The molecule has 4 amide bonds. The minimum atomic E-state index is -1.35. The Morgan fingerprint density at radius 2 is 1.83 bits per heavy atom. The zero-order chi connectivity index (χ0) is 25.7. The molecule has 1 saturated heterocycles. The Labute approximate surface area is 201 Å². The number of aromatic nitrogens is 1. The molecule has 12 heteroatoms. The Morgan fingerprint density at radius 3 is 2.49 bits per heavy atom. The van der Waals surface area contributed by atoms with E-state index in [1.807, 2.05) is 24.3 Å². The number of nitrogens with one attached hydrogen (secondary N) is 3. The van der Waals surface area contributed by atoms with E-state index >= 15 is 0 Å². The summed E-state index contributed by atoms with van der Waals surface area (Å²) in [4.78, 5) is 66.2. The van der Waals surface area contributed by atoms with Crippen LogP contribution in [0.3, 0.4) is 0 Å². The number of carboxylic acid groups (broad SMARTS) is 1. The number of benzene rings is 1. The number of hydrogen-bond donors (Lipinski definition) is 6. The van der Waals surface area contributed by atoms with Crippen molar-refractivity contribution in [2.45, 2.75) is 56.8 Å². The lowest BCUT2D eigenvalue weighted by Gasteiger charge is -2.28. The number of amides is 4. The zero-order valence-corrected chi connectivity index (χ0v) is 19.3. The van der Waals surface area contributed by atoms with Gasteiger partial charge < -0.3 is 37.1 Å². The highest BCUT2D eigenvalue weighted by molar-refractivity contribution is 5.96. The molecule has 0 spiro atoms. The van der Waals surface area contributed by atoms with E-state index in [1.165, 1.54) is 11.8 Å². The van der Waals surface area contributed by atoms with Crippen molar-refractivity contribution in [1.82, 2.24) is 20.5 Å². The van der Waals surface area contributed by atoms with Crippen LogP contribution in [-0.4, -0.2) is 75.3 Å². The number of fused-ring (bicyclic) bond motifs is 1. The van der Waals surface area contributed by atoms with Crippen LogP contribution in [0.2, 0.25) is 0 Å². The third kappa shape index (κ3) is 6.15. The summed E-state index contributed by atoms with van der Waals surface area (Å²) in [6.07, 6.45) is 2.10. The number of aromatic amines is 1. The number of primary amides is 1. The molecule has 1 aromatic carbocycles. The first-order valence-electron chi connectivity index (χ1n) is 11.3. The van der Waals surface area contributed by atoms with Crippen LogP contribution in [-0.2, 0) is 30.4 Å². The monoisotopic (exact) mass is 486 g/mol. The van der Waals surface area contributed by atoms with Crippen molar-refractivity contribution < 1.29 is 29.1 Å². The van der Waals surface area contributed by atoms with E-state index in [0.717, 1.165) is 16.5 Å². The maximum absolute atomic E-state index is 13.5. The average molecular weight is 487 g/mol. The summed E-state index contributed by atoms with van der Waals surface area (Å²) < 4.78 is 0. The van der Waals surface area contributed by atoms with Crippen molar-refractivity contribution in [1.29, 1.82) is 0 Å². The fourth-order valence-electron chi connectivity index (χ4n) is 4.19. The lowest BCUT2D eigenvalue weighted by molar-refractivity contribution is -0.149. The number of nitrogens with zero attached hydrogens (tertiary/aromatic N) is 1. The molecule has 4 unspecified atom stereocenters. The number of aliphatic carboxylic acids is 1. The van der Waals surface area contributed by atoms with Gasteiger partial charge in [0.25, 0.3) is 0 Å². The van der Waals surface area contributed by atoms with E-state index < -0.39 is 60.2 Å². The smallest absolute Gasteiger partial charge is 0.326 e. The lowest BCUT2D eigenvalue weighted by atomic mass is 10.0. The van der Waals surface area contributed by atoms with Crippen LogP contribution in [0.5, 0.6) is 0 Å². The Bertz CT molecular complexity index is 1130. The van der Waals surface area contributed by atoms with Crippen molar-refractivity contribution in [2.75, 3.05) is 6.54 Å². The molecule has 3 rings (SSSR count). The summed E-state index contributed by atoms with van der Waals surface area (Å²) in [6, 6.07) is 2.97. The second-order valence-electron chi connectivity index (χ2n) is 8.67. The zero-order valence-electron chi connectivity index (χ0n) is 19.3. The van der Waals surface area contributed by atoms with E-state index in [1.54, 1.807) is 6.20 Å². The van der Waals surface area contributed by atoms with Gasteiger partial charge in [0.1, 0.15) is 18.1 Å². The molecule has 1 aromatic heterocycles. The van der Waals surface area contributed by atoms with Gasteiger partial charge in [0.15, 0.2) is 0 Å². The van der Waals surface area contributed by atoms with Gasteiger partial charge >= 0.3 is 5.97 Å². The predicted molar refractivity (Wildman–Crippen MR) is 126 cm³/mol.